The molecule has 11 heavy (non-hydrogen) atoms. The Labute approximate surface area is 74.3 Å². The number of hydrogen-bond acceptors (Lipinski definition) is 0. The summed E-state index contributed by atoms with van der Waals surface area (Å²) in [6.07, 6.45) is 6.16. The summed E-state index contributed by atoms with van der Waals surface area (Å²) in [5, 5.41) is 0.685. The molecule has 62 valence electrons. The van der Waals surface area contributed by atoms with E-state index in [1.165, 1.54) is 5.57 Å². The molecule has 0 fully saturated rings. The minimum atomic E-state index is 0.256. The van der Waals surface area contributed by atoms with Crippen LogP contribution in [0, 0.1) is 5.92 Å². The predicted molar refractivity (Wildman–Crippen MR) is 52.7 cm³/mol. The van der Waals surface area contributed by atoms with Crippen LogP contribution in [0.2, 0.25) is 0 Å². The highest BCUT2D eigenvalue weighted by Crippen LogP contribution is 2.14. The van der Waals surface area contributed by atoms with E-state index in [-0.39, 0.29) is 5.92 Å². The minimum Gasteiger partial charge on any atom is -0.0892 e. The maximum atomic E-state index is 5.69. The topological polar surface area (TPSA) is 0 Å². The highest BCUT2D eigenvalue weighted by Gasteiger charge is 1.96. The van der Waals surface area contributed by atoms with Crippen LogP contribution >= 0.6 is 11.6 Å². The molecule has 0 aromatic heterocycles. The van der Waals surface area contributed by atoms with Crippen LogP contribution in [0.1, 0.15) is 20.8 Å². The van der Waals surface area contributed by atoms with Gasteiger partial charge in [0.2, 0.25) is 0 Å². The molecule has 0 radical (unpaired) electrons. The molecule has 0 saturated heterocycles. The molecule has 0 unspecified atom stereocenters. The Bertz CT molecular complexity index is 187. The Morgan fingerprint density at radius 2 is 2.09 bits per heavy atom. The van der Waals surface area contributed by atoms with Crippen LogP contribution in [0.15, 0.2) is 35.4 Å². The quantitative estimate of drug-likeness (QED) is 0.564. The standard InChI is InChI=1S/C10H15Cl/c1-5-8(2)6-7-9(3)10(4)11/h5-7,9H,4H2,1-3H3/b7-6+,8-5-/t9-/m1/s1. The lowest BCUT2D eigenvalue weighted by Crippen LogP contribution is -1.86. The fourth-order valence-corrected chi connectivity index (χ4v) is 0.569. The van der Waals surface area contributed by atoms with Crippen molar-refractivity contribution in [3.63, 3.8) is 0 Å². The molecule has 0 saturated carbocycles. The van der Waals surface area contributed by atoms with Gasteiger partial charge in [-0.2, -0.15) is 0 Å². The van der Waals surface area contributed by atoms with E-state index in [2.05, 4.69) is 25.7 Å². The summed E-state index contributed by atoms with van der Waals surface area (Å²) in [6, 6.07) is 0. The van der Waals surface area contributed by atoms with Gasteiger partial charge in [0.05, 0.1) is 0 Å². The van der Waals surface area contributed by atoms with Crippen molar-refractivity contribution in [1.82, 2.24) is 0 Å². The van der Waals surface area contributed by atoms with E-state index < -0.39 is 0 Å². The van der Waals surface area contributed by atoms with Crippen molar-refractivity contribution in [3.8, 4) is 0 Å². The van der Waals surface area contributed by atoms with Gasteiger partial charge < -0.3 is 0 Å². The minimum absolute atomic E-state index is 0.256. The fraction of sp³-hybridized carbons (Fsp3) is 0.400. The third kappa shape index (κ3) is 4.86. The second kappa shape index (κ2) is 5.20. The van der Waals surface area contributed by atoms with E-state index in [1.54, 1.807) is 0 Å². The first kappa shape index (κ1) is 10.5. The van der Waals surface area contributed by atoms with E-state index in [9.17, 15) is 0 Å². The highest BCUT2D eigenvalue weighted by atomic mass is 35.5. The molecule has 0 aromatic carbocycles. The first-order valence-electron chi connectivity index (χ1n) is 3.73. The van der Waals surface area contributed by atoms with Gasteiger partial charge in [-0.1, -0.05) is 48.9 Å². The van der Waals surface area contributed by atoms with Crippen molar-refractivity contribution in [1.29, 1.82) is 0 Å². The molecule has 0 rings (SSSR count). The van der Waals surface area contributed by atoms with Crippen LogP contribution in [-0.2, 0) is 0 Å². The molecule has 1 atom stereocenters. The number of allylic oxidation sites excluding steroid dienone is 5. The first-order valence-corrected chi connectivity index (χ1v) is 4.11. The monoisotopic (exact) mass is 170 g/mol. The van der Waals surface area contributed by atoms with Gasteiger partial charge in [0, 0.05) is 11.0 Å². The first-order chi connectivity index (χ1) is 5.07. The van der Waals surface area contributed by atoms with E-state index in [4.69, 9.17) is 11.6 Å². The van der Waals surface area contributed by atoms with Crippen LogP contribution < -0.4 is 0 Å². The van der Waals surface area contributed by atoms with E-state index >= 15 is 0 Å². The van der Waals surface area contributed by atoms with Gasteiger partial charge in [-0.3, -0.25) is 0 Å². The average Bonchev–Trinajstić information content (AvgIpc) is 1.99. The molecule has 0 amide bonds. The van der Waals surface area contributed by atoms with Crippen LogP contribution in [0.25, 0.3) is 0 Å². The van der Waals surface area contributed by atoms with Crippen LogP contribution in [-0.4, -0.2) is 0 Å². The zero-order valence-corrected chi connectivity index (χ0v) is 8.15. The lowest BCUT2D eigenvalue weighted by Gasteiger charge is -2.00. The highest BCUT2D eigenvalue weighted by molar-refractivity contribution is 6.29. The fourth-order valence-electron chi connectivity index (χ4n) is 0.497. The van der Waals surface area contributed by atoms with Crippen LogP contribution in [0.3, 0.4) is 0 Å². The lowest BCUT2D eigenvalue weighted by atomic mass is 10.1. The molecule has 0 N–H and O–H groups in total. The summed E-state index contributed by atoms with van der Waals surface area (Å²) in [5.74, 6) is 0.256. The lowest BCUT2D eigenvalue weighted by molar-refractivity contribution is 0.921. The van der Waals surface area contributed by atoms with Gasteiger partial charge >= 0.3 is 0 Å². The number of hydrogen-bond donors (Lipinski definition) is 0. The summed E-state index contributed by atoms with van der Waals surface area (Å²) in [5.41, 5.74) is 1.25. The zero-order valence-electron chi connectivity index (χ0n) is 7.39. The Morgan fingerprint density at radius 3 is 2.45 bits per heavy atom. The summed E-state index contributed by atoms with van der Waals surface area (Å²) in [7, 11) is 0. The molecular weight excluding hydrogens is 156 g/mol. The van der Waals surface area contributed by atoms with Gasteiger partial charge in [0.1, 0.15) is 0 Å². The summed E-state index contributed by atoms with van der Waals surface area (Å²) < 4.78 is 0. The second-order valence-electron chi connectivity index (χ2n) is 2.63. The van der Waals surface area contributed by atoms with Crippen molar-refractivity contribution in [2.45, 2.75) is 20.8 Å². The average molecular weight is 171 g/mol. The summed E-state index contributed by atoms with van der Waals surface area (Å²) in [6.45, 7) is 9.75. The van der Waals surface area contributed by atoms with Gasteiger partial charge in [-0.05, 0) is 13.8 Å². The second-order valence-corrected chi connectivity index (χ2v) is 3.11. The molecule has 0 heterocycles. The maximum absolute atomic E-state index is 5.69. The SMILES string of the molecule is C=C(Cl)[C@H](C)/C=C/C(C)=C\C. The molecular formula is C10H15Cl. The van der Waals surface area contributed by atoms with Crippen molar-refractivity contribution < 1.29 is 0 Å². The normalized spacial score (nSPS) is 15.5. The summed E-state index contributed by atoms with van der Waals surface area (Å²) >= 11 is 5.69. The Hall–Kier alpha value is -0.490. The van der Waals surface area contributed by atoms with E-state index in [0.717, 1.165) is 0 Å². The molecule has 0 aliphatic heterocycles. The summed E-state index contributed by atoms with van der Waals surface area (Å²) in [4.78, 5) is 0. The third-order valence-corrected chi connectivity index (χ3v) is 1.94. The molecule has 1 heteroatoms. The van der Waals surface area contributed by atoms with Crippen LogP contribution in [0.5, 0.6) is 0 Å². The van der Waals surface area contributed by atoms with Crippen molar-refractivity contribution in [3.05, 3.63) is 35.4 Å². The van der Waals surface area contributed by atoms with Gasteiger partial charge in [0.15, 0.2) is 0 Å². The van der Waals surface area contributed by atoms with Crippen LogP contribution in [0.4, 0.5) is 0 Å². The predicted octanol–water partition coefficient (Wildman–Crippen LogP) is 3.90. The number of rotatable bonds is 3. The van der Waals surface area contributed by atoms with Gasteiger partial charge in [0.25, 0.3) is 0 Å². The Kier molecular flexibility index (Phi) is 4.97. The third-order valence-electron chi connectivity index (χ3n) is 1.60. The molecule has 0 aromatic rings. The molecule has 0 nitrogen and oxygen atoms in total. The molecule has 0 aliphatic rings. The maximum Gasteiger partial charge on any atom is 0.0175 e. The molecule has 0 spiro atoms. The molecule has 0 aliphatic carbocycles. The Balaban J connectivity index is 4.03. The molecule has 0 bridgehead atoms. The van der Waals surface area contributed by atoms with E-state index in [1.807, 2.05) is 19.9 Å². The van der Waals surface area contributed by atoms with E-state index in [0.29, 0.717) is 5.03 Å². The Morgan fingerprint density at radius 1 is 1.55 bits per heavy atom. The largest absolute Gasteiger partial charge is 0.0892 e. The van der Waals surface area contributed by atoms with Gasteiger partial charge in [-0.25, -0.2) is 0 Å². The smallest absolute Gasteiger partial charge is 0.0175 e. The van der Waals surface area contributed by atoms with Crippen molar-refractivity contribution in [2.24, 2.45) is 5.92 Å². The van der Waals surface area contributed by atoms with Crippen molar-refractivity contribution >= 4 is 11.6 Å². The zero-order chi connectivity index (χ0) is 8.85. The number of halogens is 1. The van der Waals surface area contributed by atoms with Gasteiger partial charge in [-0.15, -0.1) is 0 Å². The van der Waals surface area contributed by atoms with Crippen molar-refractivity contribution in [2.75, 3.05) is 0 Å².